The Balaban J connectivity index is 2.95. The zero-order valence-corrected chi connectivity index (χ0v) is 8.76. The molecule has 0 heterocycles. The highest BCUT2D eigenvalue weighted by Crippen LogP contribution is 2.25. The Morgan fingerprint density at radius 2 is 1.86 bits per heavy atom. The fraction of sp³-hybridized carbons (Fsp3) is 0.364. The third-order valence-electron chi connectivity index (χ3n) is 2.23. The van der Waals surface area contributed by atoms with Crippen LogP contribution >= 0.6 is 0 Å². The van der Waals surface area contributed by atoms with Gasteiger partial charge in [-0.3, -0.25) is 4.79 Å². The molecule has 3 heteroatoms. The van der Waals surface area contributed by atoms with Crippen molar-refractivity contribution in [2.45, 2.75) is 20.8 Å². The molecule has 0 radical (unpaired) electrons. The van der Waals surface area contributed by atoms with Gasteiger partial charge in [0.25, 0.3) is 5.91 Å². The summed E-state index contributed by atoms with van der Waals surface area (Å²) < 4.78 is 5.34. The smallest absolute Gasteiger partial charge is 0.255 e. The van der Waals surface area contributed by atoms with Crippen molar-refractivity contribution in [2.75, 3.05) is 6.61 Å². The maximum absolute atomic E-state index is 10.6. The molecule has 0 aliphatic carbocycles. The maximum atomic E-state index is 10.6. The zero-order valence-electron chi connectivity index (χ0n) is 8.76. The Bertz CT molecular complexity index is 359. The first kappa shape index (κ1) is 10.6. The first-order valence-corrected chi connectivity index (χ1v) is 4.50. The molecule has 0 atom stereocenters. The van der Waals surface area contributed by atoms with Crippen molar-refractivity contribution < 1.29 is 9.53 Å². The van der Waals surface area contributed by atoms with Crippen LogP contribution in [0.5, 0.6) is 5.75 Å². The molecule has 0 aliphatic heterocycles. The molecule has 1 aromatic carbocycles. The largest absolute Gasteiger partial charge is 0.483 e. The van der Waals surface area contributed by atoms with Crippen LogP contribution in [-0.2, 0) is 4.79 Å². The van der Waals surface area contributed by atoms with E-state index in [2.05, 4.69) is 0 Å². The van der Waals surface area contributed by atoms with Crippen LogP contribution in [0.15, 0.2) is 12.1 Å². The minimum absolute atomic E-state index is 0.0644. The van der Waals surface area contributed by atoms with Gasteiger partial charge in [-0.15, -0.1) is 0 Å². The molecule has 0 fully saturated rings. The second-order valence-corrected chi connectivity index (χ2v) is 3.41. The summed E-state index contributed by atoms with van der Waals surface area (Å²) in [4.78, 5) is 10.6. The first-order valence-electron chi connectivity index (χ1n) is 4.50. The van der Waals surface area contributed by atoms with Crippen molar-refractivity contribution in [3.05, 3.63) is 28.8 Å². The maximum Gasteiger partial charge on any atom is 0.255 e. The molecule has 0 bridgehead atoms. The summed E-state index contributed by atoms with van der Waals surface area (Å²) in [5.74, 6) is 0.314. The van der Waals surface area contributed by atoms with Crippen molar-refractivity contribution in [3.8, 4) is 5.75 Å². The molecule has 3 nitrogen and oxygen atoms in total. The lowest BCUT2D eigenvalue weighted by Crippen LogP contribution is -2.20. The number of hydrogen-bond donors (Lipinski definition) is 1. The molecular weight excluding hydrogens is 178 g/mol. The summed E-state index contributed by atoms with van der Waals surface area (Å²) in [6.07, 6.45) is 0. The lowest BCUT2D eigenvalue weighted by Gasteiger charge is -2.12. The number of ether oxygens (including phenoxy) is 1. The minimum atomic E-state index is -0.453. The van der Waals surface area contributed by atoms with Crippen molar-refractivity contribution in [1.29, 1.82) is 0 Å². The summed E-state index contributed by atoms with van der Waals surface area (Å²) in [7, 11) is 0. The number of nitrogens with two attached hydrogens (primary N) is 1. The molecule has 1 amide bonds. The Morgan fingerprint density at radius 1 is 1.29 bits per heavy atom. The van der Waals surface area contributed by atoms with E-state index in [-0.39, 0.29) is 6.61 Å². The number of hydrogen-bond acceptors (Lipinski definition) is 2. The summed E-state index contributed by atoms with van der Waals surface area (Å²) >= 11 is 0. The van der Waals surface area contributed by atoms with Gasteiger partial charge in [-0.25, -0.2) is 0 Å². The normalized spacial score (nSPS) is 9.93. The average Bonchev–Trinajstić information content (AvgIpc) is 2.11. The topological polar surface area (TPSA) is 52.3 Å². The number of carbonyl (C=O) groups excluding carboxylic acids is 1. The Kier molecular flexibility index (Phi) is 3.12. The van der Waals surface area contributed by atoms with Crippen LogP contribution in [-0.4, -0.2) is 12.5 Å². The van der Waals surface area contributed by atoms with E-state index in [1.54, 1.807) is 0 Å². The second kappa shape index (κ2) is 4.13. The summed E-state index contributed by atoms with van der Waals surface area (Å²) in [6, 6.07) is 4.00. The van der Waals surface area contributed by atoms with E-state index in [0.29, 0.717) is 0 Å². The van der Waals surface area contributed by atoms with Gasteiger partial charge in [0.1, 0.15) is 5.75 Å². The van der Waals surface area contributed by atoms with Crippen molar-refractivity contribution >= 4 is 5.91 Å². The molecule has 0 spiro atoms. The monoisotopic (exact) mass is 193 g/mol. The van der Waals surface area contributed by atoms with Gasteiger partial charge in [-0.2, -0.15) is 0 Å². The average molecular weight is 193 g/mol. The predicted octanol–water partition coefficient (Wildman–Crippen LogP) is 1.48. The number of aryl methyl sites for hydroxylation is 2. The molecule has 76 valence electrons. The number of amides is 1. The number of primary amides is 1. The third-order valence-corrected chi connectivity index (χ3v) is 2.23. The highest BCUT2D eigenvalue weighted by molar-refractivity contribution is 5.75. The Morgan fingerprint density at radius 3 is 2.43 bits per heavy atom. The molecule has 0 aliphatic rings. The van der Waals surface area contributed by atoms with E-state index < -0.39 is 5.91 Å². The van der Waals surface area contributed by atoms with E-state index in [1.807, 2.05) is 32.9 Å². The fourth-order valence-corrected chi connectivity index (χ4v) is 1.29. The summed E-state index contributed by atoms with van der Waals surface area (Å²) in [5, 5.41) is 0. The fourth-order valence-electron chi connectivity index (χ4n) is 1.29. The van der Waals surface area contributed by atoms with Crippen LogP contribution in [0.1, 0.15) is 16.7 Å². The minimum Gasteiger partial charge on any atom is -0.483 e. The summed E-state index contributed by atoms with van der Waals surface area (Å²) in [5.41, 5.74) is 8.25. The van der Waals surface area contributed by atoms with Crippen LogP contribution in [0.2, 0.25) is 0 Å². The Labute approximate surface area is 83.9 Å². The van der Waals surface area contributed by atoms with Gasteiger partial charge in [0.2, 0.25) is 0 Å². The van der Waals surface area contributed by atoms with Gasteiger partial charge in [-0.05, 0) is 37.5 Å². The lowest BCUT2D eigenvalue weighted by atomic mass is 10.1. The highest BCUT2D eigenvalue weighted by atomic mass is 16.5. The van der Waals surface area contributed by atoms with Gasteiger partial charge < -0.3 is 10.5 Å². The zero-order chi connectivity index (χ0) is 10.7. The Hall–Kier alpha value is -1.51. The molecule has 14 heavy (non-hydrogen) atoms. The molecular formula is C11H15NO2. The third kappa shape index (κ3) is 2.25. The van der Waals surface area contributed by atoms with Crippen LogP contribution < -0.4 is 10.5 Å². The van der Waals surface area contributed by atoms with E-state index in [1.165, 1.54) is 0 Å². The van der Waals surface area contributed by atoms with Crippen molar-refractivity contribution in [3.63, 3.8) is 0 Å². The molecule has 0 unspecified atom stereocenters. The van der Waals surface area contributed by atoms with E-state index >= 15 is 0 Å². The van der Waals surface area contributed by atoms with E-state index in [0.717, 1.165) is 22.4 Å². The lowest BCUT2D eigenvalue weighted by molar-refractivity contribution is -0.119. The van der Waals surface area contributed by atoms with Gasteiger partial charge in [0, 0.05) is 0 Å². The SMILES string of the molecule is Cc1ccc(C)c(OCC(N)=O)c1C. The van der Waals surface area contributed by atoms with Crippen LogP contribution in [0.25, 0.3) is 0 Å². The van der Waals surface area contributed by atoms with Gasteiger partial charge in [-0.1, -0.05) is 12.1 Å². The number of carbonyl (C=O) groups is 1. The molecule has 2 N–H and O–H groups in total. The molecule has 0 aromatic heterocycles. The highest BCUT2D eigenvalue weighted by Gasteiger charge is 2.06. The van der Waals surface area contributed by atoms with Crippen molar-refractivity contribution in [2.24, 2.45) is 5.73 Å². The number of rotatable bonds is 3. The molecule has 1 aromatic rings. The first-order chi connectivity index (χ1) is 6.52. The van der Waals surface area contributed by atoms with Crippen LogP contribution in [0.3, 0.4) is 0 Å². The van der Waals surface area contributed by atoms with Crippen molar-refractivity contribution in [1.82, 2.24) is 0 Å². The van der Waals surface area contributed by atoms with E-state index in [4.69, 9.17) is 10.5 Å². The van der Waals surface area contributed by atoms with Gasteiger partial charge in [0.15, 0.2) is 6.61 Å². The standard InChI is InChI=1S/C11H15NO2/c1-7-4-5-8(2)11(9(7)3)14-6-10(12)13/h4-5H,6H2,1-3H3,(H2,12,13). The second-order valence-electron chi connectivity index (χ2n) is 3.41. The van der Waals surface area contributed by atoms with E-state index in [9.17, 15) is 4.79 Å². The van der Waals surface area contributed by atoms with Gasteiger partial charge >= 0.3 is 0 Å². The predicted molar refractivity (Wildman–Crippen MR) is 55.3 cm³/mol. The van der Waals surface area contributed by atoms with Crippen LogP contribution in [0.4, 0.5) is 0 Å². The number of benzene rings is 1. The van der Waals surface area contributed by atoms with Crippen LogP contribution in [0, 0.1) is 20.8 Å². The summed E-state index contributed by atoms with van der Waals surface area (Å²) in [6.45, 7) is 5.86. The molecule has 0 saturated carbocycles. The van der Waals surface area contributed by atoms with Gasteiger partial charge in [0.05, 0.1) is 0 Å². The molecule has 1 rings (SSSR count). The quantitative estimate of drug-likeness (QED) is 0.790. The molecule has 0 saturated heterocycles.